The lowest BCUT2D eigenvalue weighted by molar-refractivity contribution is -0.135. The third-order valence-electron chi connectivity index (χ3n) is 3.21. The van der Waals surface area contributed by atoms with Gasteiger partial charge in [-0.25, -0.2) is 0 Å². The van der Waals surface area contributed by atoms with Gasteiger partial charge in [0.25, 0.3) is 0 Å². The molecule has 4 nitrogen and oxygen atoms in total. The summed E-state index contributed by atoms with van der Waals surface area (Å²) in [6.07, 6.45) is 2.32. The van der Waals surface area contributed by atoms with Gasteiger partial charge >= 0.3 is 0 Å². The predicted octanol–water partition coefficient (Wildman–Crippen LogP) is 2.28. The van der Waals surface area contributed by atoms with Gasteiger partial charge in [-0.3, -0.25) is 9.59 Å². The molecule has 1 atom stereocenters. The summed E-state index contributed by atoms with van der Waals surface area (Å²) in [6.45, 7) is 4.95. The fourth-order valence-corrected chi connectivity index (χ4v) is 2.02. The van der Waals surface area contributed by atoms with Crippen LogP contribution in [0, 0.1) is 0 Å². The number of nitrogens with zero attached hydrogens (tertiary/aromatic N) is 1. The summed E-state index contributed by atoms with van der Waals surface area (Å²) in [6, 6.07) is 9.54. The van der Waals surface area contributed by atoms with Crippen molar-refractivity contribution in [1.82, 2.24) is 4.90 Å². The van der Waals surface area contributed by atoms with Gasteiger partial charge in [0.2, 0.25) is 5.91 Å². The lowest BCUT2D eigenvalue weighted by Crippen LogP contribution is -2.32. The zero-order valence-electron chi connectivity index (χ0n) is 12.7. The molecule has 1 unspecified atom stereocenters. The van der Waals surface area contributed by atoms with Crippen LogP contribution in [-0.4, -0.2) is 40.9 Å². The molecule has 0 radical (unpaired) electrons. The van der Waals surface area contributed by atoms with Crippen LogP contribution < -0.4 is 0 Å². The van der Waals surface area contributed by atoms with Crippen LogP contribution in [0.2, 0.25) is 0 Å². The van der Waals surface area contributed by atoms with Crippen molar-refractivity contribution in [1.29, 1.82) is 0 Å². The second-order valence-electron chi connectivity index (χ2n) is 4.82. The van der Waals surface area contributed by atoms with Crippen LogP contribution in [0.25, 0.3) is 6.08 Å². The number of hydrogen-bond donors (Lipinski definition) is 1. The second-order valence-corrected chi connectivity index (χ2v) is 4.82. The molecule has 1 N–H and O–H groups in total. The Labute approximate surface area is 126 Å². The molecule has 1 rings (SSSR count). The molecule has 0 bridgehead atoms. The number of carbonyl (C=O) groups excluding carboxylic acids is 2. The van der Waals surface area contributed by atoms with E-state index in [9.17, 15) is 14.7 Å². The molecule has 4 heteroatoms. The smallest absolute Gasteiger partial charge is 0.229 e. The van der Waals surface area contributed by atoms with E-state index in [1.807, 2.05) is 44.2 Å². The van der Waals surface area contributed by atoms with Crippen molar-refractivity contribution in [3.05, 3.63) is 42.0 Å². The Bertz CT molecular complexity index is 478. The lowest BCUT2D eigenvalue weighted by atomic mass is 10.1. The van der Waals surface area contributed by atoms with Crippen LogP contribution in [0.1, 0.15) is 32.3 Å². The molecule has 0 aliphatic rings. The van der Waals surface area contributed by atoms with Crippen molar-refractivity contribution in [3.63, 3.8) is 0 Å². The number of aliphatic hydroxyl groups is 1. The molecule has 0 spiro atoms. The van der Waals surface area contributed by atoms with Crippen molar-refractivity contribution in [2.45, 2.75) is 32.8 Å². The number of hydrogen-bond acceptors (Lipinski definition) is 3. The number of benzene rings is 1. The highest BCUT2D eigenvalue weighted by molar-refractivity contribution is 5.98. The minimum atomic E-state index is -0.859. The van der Waals surface area contributed by atoms with Gasteiger partial charge in [-0.05, 0) is 19.4 Å². The molecule has 0 saturated heterocycles. The molecule has 1 aromatic carbocycles. The number of amides is 1. The summed E-state index contributed by atoms with van der Waals surface area (Å²) in [5, 5.41) is 9.81. The van der Waals surface area contributed by atoms with Crippen LogP contribution in [0.4, 0.5) is 0 Å². The molecule has 0 aliphatic heterocycles. The van der Waals surface area contributed by atoms with E-state index in [0.29, 0.717) is 13.1 Å². The van der Waals surface area contributed by atoms with E-state index in [-0.39, 0.29) is 24.5 Å². The molecule has 0 heterocycles. The first-order valence-electron chi connectivity index (χ1n) is 7.27. The summed E-state index contributed by atoms with van der Waals surface area (Å²) in [4.78, 5) is 25.2. The Morgan fingerprint density at radius 2 is 1.81 bits per heavy atom. The average molecular weight is 289 g/mol. The summed E-state index contributed by atoms with van der Waals surface area (Å²) in [5.41, 5.74) is 0.961. The molecule has 0 fully saturated rings. The number of Topliss-reactive ketones (excluding diaryl/α,β-unsaturated/α-hetero) is 1. The molecule has 1 amide bonds. The van der Waals surface area contributed by atoms with Gasteiger partial charge < -0.3 is 10.0 Å². The largest absolute Gasteiger partial charge is 0.389 e. The van der Waals surface area contributed by atoms with Crippen molar-refractivity contribution in [2.75, 3.05) is 13.1 Å². The number of aliphatic hydroxyl groups excluding tert-OH is 1. The predicted molar refractivity (Wildman–Crippen MR) is 83.7 cm³/mol. The summed E-state index contributed by atoms with van der Waals surface area (Å²) < 4.78 is 0. The van der Waals surface area contributed by atoms with Crippen LogP contribution in [-0.2, 0) is 9.59 Å². The molecular weight excluding hydrogens is 266 g/mol. The minimum absolute atomic E-state index is 0.0314. The first-order valence-corrected chi connectivity index (χ1v) is 7.27. The Balaban J connectivity index is 2.44. The number of rotatable bonds is 8. The van der Waals surface area contributed by atoms with Crippen LogP contribution in [0.15, 0.2) is 36.4 Å². The zero-order valence-corrected chi connectivity index (χ0v) is 12.7. The summed E-state index contributed by atoms with van der Waals surface area (Å²) >= 11 is 0. The van der Waals surface area contributed by atoms with Gasteiger partial charge in [0.1, 0.15) is 5.78 Å². The van der Waals surface area contributed by atoms with Gasteiger partial charge in [0.15, 0.2) is 0 Å². The van der Waals surface area contributed by atoms with Gasteiger partial charge in [0, 0.05) is 19.5 Å². The summed E-state index contributed by atoms with van der Waals surface area (Å²) in [5.74, 6) is -0.415. The molecule has 0 saturated carbocycles. The van der Waals surface area contributed by atoms with Crippen LogP contribution in [0.5, 0.6) is 0 Å². The Hall–Kier alpha value is -1.94. The molecule has 0 aromatic heterocycles. The highest BCUT2D eigenvalue weighted by Gasteiger charge is 2.16. The van der Waals surface area contributed by atoms with Gasteiger partial charge in [0.05, 0.1) is 12.5 Å². The SMILES string of the molecule is CCN(CC)C(=O)CC(=O)CC(O)C=Cc1ccccc1. The van der Waals surface area contributed by atoms with Gasteiger partial charge in [-0.2, -0.15) is 0 Å². The van der Waals surface area contributed by atoms with Crippen molar-refractivity contribution < 1.29 is 14.7 Å². The molecule has 21 heavy (non-hydrogen) atoms. The van der Waals surface area contributed by atoms with Gasteiger partial charge in [-0.15, -0.1) is 0 Å². The van der Waals surface area contributed by atoms with Crippen molar-refractivity contribution in [3.8, 4) is 0 Å². The van der Waals surface area contributed by atoms with E-state index >= 15 is 0 Å². The minimum Gasteiger partial charge on any atom is -0.389 e. The number of ketones is 1. The van der Waals surface area contributed by atoms with E-state index < -0.39 is 6.10 Å². The monoisotopic (exact) mass is 289 g/mol. The first-order chi connectivity index (χ1) is 10.1. The van der Waals surface area contributed by atoms with Crippen LogP contribution >= 0.6 is 0 Å². The topological polar surface area (TPSA) is 57.6 Å². The maximum atomic E-state index is 11.8. The Morgan fingerprint density at radius 3 is 2.38 bits per heavy atom. The van der Waals surface area contributed by atoms with E-state index in [1.54, 1.807) is 17.1 Å². The van der Waals surface area contributed by atoms with E-state index in [4.69, 9.17) is 0 Å². The molecule has 1 aromatic rings. The van der Waals surface area contributed by atoms with Crippen LogP contribution in [0.3, 0.4) is 0 Å². The fourth-order valence-electron chi connectivity index (χ4n) is 2.02. The zero-order chi connectivity index (χ0) is 15.7. The molecule has 0 aliphatic carbocycles. The molecular formula is C17H23NO3. The third-order valence-corrected chi connectivity index (χ3v) is 3.21. The lowest BCUT2D eigenvalue weighted by Gasteiger charge is -2.18. The van der Waals surface area contributed by atoms with Crippen molar-refractivity contribution in [2.24, 2.45) is 0 Å². The normalized spacial score (nSPS) is 12.3. The third kappa shape index (κ3) is 6.36. The van der Waals surface area contributed by atoms with Gasteiger partial charge in [-0.1, -0.05) is 42.5 Å². The maximum absolute atomic E-state index is 11.8. The van der Waals surface area contributed by atoms with E-state index in [1.165, 1.54) is 0 Å². The molecule has 114 valence electrons. The fraction of sp³-hybridized carbons (Fsp3) is 0.412. The number of carbonyl (C=O) groups is 2. The quantitative estimate of drug-likeness (QED) is 0.747. The van der Waals surface area contributed by atoms with Crippen molar-refractivity contribution >= 4 is 17.8 Å². The van der Waals surface area contributed by atoms with E-state index in [2.05, 4.69) is 0 Å². The Morgan fingerprint density at radius 1 is 1.19 bits per heavy atom. The Kier molecular flexibility index (Phi) is 7.40. The second kappa shape index (κ2) is 9.08. The average Bonchev–Trinajstić information content (AvgIpc) is 2.47. The highest BCUT2D eigenvalue weighted by atomic mass is 16.3. The van der Waals surface area contributed by atoms with E-state index in [0.717, 1.165) is 5.56 Å². The summed E-state index contributed by atoms with van der Waals surface area (Å²) in [7, 11) is 0. The first kappa shape index (κ1) is 17.1. The standard InChI is InChI=1S/C17H23NO3/c1-3-18(4-2)17(21)13-16(20)12-15(19)11-10-14-8-6-5-7-9-14/h5-11,15,19H,3-4,12-13H2,1-2H3. The highest BCUT2D eigenvalue weighted by Crippen LogP contribution is 2.06. The maximum Gasteiger partial charge on any atom is 0.229 e.